The number of rotatable bonds is 3. The first-order valence-corrected chi connectivity index (χ1v) is 5.56. The Hall–Kier alpha value is -2.96. The molecule has 2 aromatic rings. The van der Waals surface area contributed by atoms with E-state index in [4.69, 9.17) is 9.52 Å². The Labute approximate surface area is 112 Å². The summed E-state index contributed by atoms with van der Waals surface area (Å²) < 4.78 is 4.78. The number of hydrogen-bond acceptors (Lipinski definition) is 6. The van der Waals surface area contributed by atoms with Crippen molar-refractivity contribution in [2.45, 2.75) is 6.92 Å². The van der Waals surface area contributed by atoms with Crippen LogP contribution in [0.25, 0.3) is 0 Å². The molecular weight excluding hydrogens is 264 g/mol. The number of hydrogen-bond donors (Lipinski definition) is 2. The van der Waals surface area contributed by atoms with Crippen molar-refractivity contribution in [1.29, 1.82) is 0 Å². The summed E-state index contributed by atoms with van der Waals surface area (Å²) >= 11 is 0. The molecule has 0 radical (unpaired) electrons. The summed E-state index contributed by atoms with van der Waals surface area (Å²) in [7, 11) is 0. The van der Waals surface area contributed by atoms with Gasteiger partial charge in [-0.3, -0.25) is 0 Å². The number of carbonyl (C=O) groups is 1. The SMILES string of the molecule is Cc1cc(O)c(N=Nc2ccc(C(=O)O)cc2)c(=O)o1. The van der Waals surface area contributed by atoms with Gasteiger partial charge in [-0.15, -0.1) is 5.11 Å². The molecule has 0 bridgehead atoms. The Bertz CT molecular complexity index is 731. The van der Waals surface area contributed by atoms with Crippen molar-refractivity contribution in [3.05, 3.63) is 52.1 Å². The molecular formula is C13H10N2O5. The number of carboxylic acid groups (broad SMARTS) is 1. The summed E-state index contributed by atoms with van der Waals surface area (Å²) in [6.45, 7) is 1.52. The van der Waals surface area contributed by atoms with Gasteiger partial charge in [0.15, 0.2) is 5.75 Å². The van der Waals surface area contributed by atoms with Gasteiger partial charge in [0.25, 0.3) is 0 Å². The number of aryl methyl sites for hydroxylation is 1. The molecule has 0 aliphatic rings. The van der Waals surface area contributed by atoms with E-state index in [1.807, 2.05) is 0 Å². The second-order valence-electron chi connectivity index (χ2n) is 3.93. The minimum atomic E-state index is -1.05. The average molecular weight is 274 g/mol. The minimum absolute atomic E-state index is 0.113. The quantitative estimate of drug-likeness (QED) is 0.835. The first-order chi connectivity index (χ1) is 9.47. The monoisotopic (exact) mass is 274 g/mol. The Morgan fingerprint density at radius 3 is 2.40 bits per heavy atom. The molecule has 0 fully saturated rings. The van der Waals surface area contributed by atoms with Crippen LogP contribution < -0.4 is 5.63 Å². The van der Waals surface area contributed by atoms with Gasteiger partial charge in [-0.25, -0.2) is 9.59 Å². The molecule has 0 unspecified atom stereocenters. The highest BCUT2D eigenvalue weighted by Gasteiger charge is 2.08. The minimum Gasteiger partial charge on any atom is -0.505 e. The summed E-state index contributed by atoms with van der Waals surface area (Å²) in [6, 6.07) is 6.82. The van der Waals surface area contributed by atoms with Gasteiger partial charge < -0.3 is 14.6 Å². The van der Waals surface area contributed by atoms with Gasteiger partial charge in [-0.2, -0.15) is 5.11 Å². The first-order valence-electron chi connectivity index (χ1n) is 5.56. The molecule has 0 saturated carbocycles. The summed E-state index contributed by atoms with van der Waals surface area (Å²) in [5, 5.41) is 25.7. The number of carboxylic acids is 1. The fourth-order valence-electron chi connectivity index (χ4n) is 1.46. The Morgan fingerprint density at radius 1 is 1.20 bits per heavy atom. The first kappa shape index (κ1) is 13.5. The van der Waals surface area contributed by atoms with Crippen LogP contribution in [0.1, 0.15) is 16.1 Å². The van der Waals surface area contributed by atoms with Crippen molar-refractivity contribution in [3.63, 3.8) is 0 Å². The molecule has 1 aromatic heterocycles. The van der Waals surface area contributed by atoms with Gasteiger partial charge >= 0.3 is 11.6 Å². The molecule has 1 aromatic carbocycles. The lowest BCUT2D eigenvalue weighted by Gasteiger charge is -1.98. The lowest BCUT2D eigenvalue weighted by molar-refractivity contribution is 0.0697. The summed E-state index contributed by atoms with van der Waals surface area (Å²) in [6.07, 6.45) is 0. The molecule has 0 aliphatic carbocycles. The standard InChI is InChI=1S/C13H10N2O5/c1-7-6-10(16)11(13(19)20-7)15-14-9-4-2-8(3-5-9)12(17)18/h2-6,16H,1H3,(H,17,18). The second-order valence-corrected chi connectivity index (χ2v) is 3.93. The molecule has 0 aliphatic heterocycles. The van der Waals surface area contributed by atoms with Gasteiger partial charge in [-0.1, -0.05) is 0 Å². The topological polar surface area (TPSA) is 112 Å². The molecule has 0 amide bonds. The van der Waals surface area contributed by atoms with Crippen molar-refractivity contribution in [2.24, 2.45) is 10.2 Å². The van der Waals surface area contributed by atoms with Gasteiger partial charge in [-0.05, 0) is 31.2 Å². The third-order valence-corrected chi connectivity index (χ3v) is 2.41. The van der Waals surface area contributed by atoms with Crippen LogP contribution in [0.5, 0.6) is 5.75 Å². The third kappa shape index (κ3) is 2.89. The van der Waals surface area contributed by atoms with Crippen LogP contribution in [0, 0.1) is 6.92 Å². The van der Waals surface area contributed by atoms with Crippen molar-refractivity contribution >= 4 is 17.3 Å². The molecule has 0 saturated heterocycles. The molecule has 1 heterocycles. The molecule has 2 rings (SSSR count). The van der Waals surface area contributed by atoms with E-state index in [1.165, 1.54) is 37.3 Å². The highest BCUT2D eigenvalue weighted by atomic mass is 16.4. The number of aromatic carboxylic acids is 1. The Balaban J connectivity index is 2.30. The van der Waals surface area contributed by atoms with Crippen molar-refractivity contribution in [3.8, 4) is 5.75 Å². The van der Waals surface area contributed by atoms with Crippen molar-refractivity contribution in [1.82, 2.24) is 0 Å². The molecule has 0 atom stereocenters. The number of azo groups is 1. The van der Waals surface area contributed by atoms with Gasteiger partial charge in [0, 0.05) is 6.07 Å². The molecule has 102 valence electrons. The number of benzene rings is 1. The van der Waals surface area contributed by atoms with Crippen molar-refractivity contribution < 1.29 is 19.4 Å². The smallest absolute Gasteiger partial charge is 0.367 e. The third-order valence-electron chi connectivity index (χ3n) is 2.41. The normalized spacial score (nSPS) is 10.8. The van der Waals surface area contributed by atoms with Crippen LogP contribution in [0.3, 0.4) is 0 Å². The average Bonchev–Trinajstić information content (AvgIpc) is 2.38. The van der Waals surface area contributed by atoms with Crippen LogP contribution in [0.4, 0.5) is 11.4 Å². The molecule has 0 spiro atoms. The summed E-state index contributed by atoms with van der Waals surface area (Å²) in [5.74, 6) is -1.12. The van der Waals surface area contributed by atoms with Crippen LogP contribution in [0.2, 0.25) is 0 Å². The maximum atomic E-state index is 11.5. The fraction of sp³-hybridized carbons (Fsp3) is 0.0769. The van der Waals surface area contributed by atoms with Crippen LogP contribution >= 0.6 is 0 Å². The fourth-order valence-corrected chi connectivity index (χ4v) is 1.46. The zero-order chi connectivity index (χ0) is 14.7. The highest BCUT2D eigenvalue weighted by Crippen LogP contribution is 2.25. The zero-order valence-corrected chi connectivity index (χ0v) is 10.4. The molecule has 2 N–H and O–H groups in total. The maximum absolute atomic E-state index is 11.5. The van der Waals surface area contributed by atoms with Crippen molar-refractivity contribution in [2.75, 3.05) is 0 Å². The Morgan fingerprint density at radius 2 is 1.85 bits per heavy atom. The Kier molecular flexibility index (Phi) is 3.60. The van der Waals surface area contributed by atoms with Gasteiger partial charge in [0.05, 0.1) is 11.3 Å². The number of aromatic hydroxyl groups is 1. The van der Waals surface area contributed by atoms with E-state index in [-0.39, 0.29) is 22.8 Å². The predicted octanol–water partition coefficient (Wildman–Crippen LogP) is 2.77. The molecule has 7 nitrogen and oxygen atoms in total. The van der Waals surface area contributed by atoms with Gasteiger partial charge in [0.2, 0.25) is 5.69 Å². The van der Waals surface area contributed by atoms with E-state index in [0.717, 1.165) is 0 Å². The van der Waals surface area contributed by atoms with Crippen LogP contribution in [-0.4, -0.2) is 16.2 Å². The zero-order valence-electron chi connectivity index (χ0n) is 10.4. The summed E-state index contributed by atoms with van der Waals surface area (Å²) in [5.41, 5.74) is -0.651. The lowest BCUT2D eigenvalue weighted by Crippen LogP contribution is -1.98. The van der Waals surface area contributed by atoms with E-state index < -0.39 is 11.6 Å². The highest BCUT2D eigenvalue weighted by molar-refractivity contribution is 5.87. The van der Waals surface area contributed by atoms with E-state index in [1.54, 1.807) is 0 Å². The van der Waals surface area contributed by atoms with Crippen LogP contribution in [-0.2, 0) is 0 Å². The lowest BCUT2D eigenvalue weighted by atomic mass is 10.2. The van der Waals surface area contributed by atoms with Gasteiger partial charge in [0.1, 0.15) is 5.76 Å². The maximum Gasteiger partial charge on any atom is 0.367 e. The largest absolute Gasteiger partial charge is 0.505 e. The van der Waals surface area contributed by atoms with E-state index in [9.17, 15) is 14.7 Å². The number of nitrogens with zero attached hydrogens (tertiary/aromatic N) is 2. The van der Waals surface area contributed by atoms with E-state index >= 15 is 0 Å². The summed E-state index contributed by atoms with van der Waals surface area (Å²) in [4.78, 5) is 22.1. The molecule has 20 heavy (non-hydrogen) atoms. The predicted molar refractivity (Wildman–Crippen MR) is 69.0 cm³/mol. The van der Waals surface area contributed by atoms with E-state index in [0.29, 0.717) is 5.69 Å². The second kappa shape index (κ2) is 5.35. The molecule has 7 heteroatoms. The van der Waals surface area contributed by atoms with Crippen LogP contribution in [0.15, 0.2) is 49.8 Å². The van der Waals surface area contributed by atoms with E-state index in [2.05, 4.69) is 10.2 Å².